The van der Waals surface area contributed by atoms with Crippen LogP contribution in [0.4, 0.5) is 5.13 Å². The lowest BCUT2D eigenvalue weighted by atomic mass is 9.95. The molecule has 0 bridgehead atoms. The van der Waals surface area contributed by atoms with Gasteiger partial charge in [0.15, 0.2) is 4.34 Å². The fraction of sp³-hybridized carbons (Fsp3) is 0.200. The number of rotatable bonds is 9. The van der Waals surface area contributed by atoms with Crippen molar-refractivity contribution >= 4 is 57.3 Å². The number of thioether (sulfide) groups is 1. The Labute approximate surface area is 245 Å². The third-order valence-electron chi connectivity index (χ3n) is 6.35. The minimum Gasteiger partial charge on any atom is -0.507 e. The molecule has 1 aliphatic rings. The zero-order valence-electron chi connectivity index (χ0n) is 21.8. The number of ether oxygens (including phenoxy) is 1. The molecule has 40 heavy (non-hydrogen) atoms. The molecule has 0 saturated carbocycles. The normalized spacial score (nSPS) is 16.5. The highest BCUT2D eigenvalue weighted by Crippen LogP contribution is 2.44. The average Bonchev–Trinajstić information content (AvgIpc) is 3.53. The van der Waals surface area contributed by atoms with Crippen molar-refractivity contribution in [2.75, 3.05) is 11.5 Å². The Morgan fingerprint density at radius 3 is 2.48 bits per heavy atom. The molecule has 1 aliphatic heterocycles. The molecule has 3 aromatic carbocycles. The van der Waals surface area contributed by atoms with Crippen LogP contribution in [-0.4, -0.2) is 33.6 Å². The molecule has 0 aliphatic carbocycles. The lowest BCUT2D eigenvalue weighted by Gasteiger charge is -2.22. The minimum absolute atomic E-state index is 0.00319. The molecule has 7 nitrogen and oxygen atoms in total. The van der Waals surface area contributed by atoms with Crippen molar-refractivity contribution in [1.29, 1.82) is 0 Å². The van der Waals surface area contributed by atoms with E-state index < -0.39 is 17.7 Å². The van der Waals surface area contributed by atoms with Crippen molar-refractivity contribution in [1.82, 2.24) is 10.2 Å². The summed E-state index contributed by atoms with van der Waals surface area (Å²) >= 11 is 8.94. The molecule has 2 heterocycles. The molecule has 0 spiro atoms. The van der Waals surface area contributed by atoms with Crippen LogP contribution in [0.5, 0.6) is 5.75 Å². The average molecular weight is 592 g/mol. The predicted molar refractivity (Wildman–Crippen MR) is 159 cm³/mol. The summed E-state index contributed by atoms with van der Waals surface area (Å²) in [5.41, 5.74) is 3.04. The van der Waals surface area contributed by atoms with Crippen molar-refractivity contribution in [3.8, 4) is 5.75 Å². The standard InChI is InChI=1S/C30H26ClN3O4S2/c1-3-16-38-22-14-12-19(13-15-22)25-24(26(35)20-10-8-18(2)9-11-20)27(36)28(37)34(25)29-32-33-30(40-29)39-17-21-6-4-5-7-23(21)31/h4-15,25,35H,3,16-17H2,1-2H3/b26-24-. The number of halogens is 1. The summed E-state index contributed by atoms with van der Waals surface area (Å²) in [4.78, 5) is 28.2. The molecule has 10 heteroatoms. The van der Waals surface area contributed by atoms with Gasteiger partial charge in [0, 0.05) is 16.3 Å². The SMILES string of the molecule is CCCOc1ccc(C2/C(=C(/O)c3ccc(C)cc3)C(=O)C(=O)N2c2nnc(SCc3ccccc3Cl)s2)cc1. The zero-order chi connectivity index (χ0) is 28.2. The van der Waals surface area contributed by atoms with Crippen molar-refractivity contribution in [3.05, 3.63) is 106 Å². The van der Waals surface area contributed by atoms with E-state index in [1.165, 1.54) is 28.0 Å². The van der Waals surface area contributed by atoms with Gasteiger partial charge in [-0.15, -0.1) is 10.2 Å². The van der Waals surface area contributed by atoms with E-state index in [1.54, 1.807) is 36.4 Å². The molecule has 1 amide bonds. The number of amides is 1. The van der Waals surface area contributed by atoms with Crippen LogP contribution in [0, 0.1) is 6.92 Å². The van der Waals surface area contributed by atoms with E-state index in [4.69, 9.17) is 16.3 Å². The first kappa shape index (κ1) is 27.9. The highest BCUT2D eigenvalue weighted by molar-refractivity contribution is 8.00. The summed E-state index contributed by atoms with van der Waals surface area (Å²) in [7, 11) is 0. The molecule has 0 radical (unpaired) electrons. The van der Waals surface area contributed by atoms with E-state index >= 15 is 0 Å². The molecule has 1 N–H and O–H groups in total. The highest BCUT2D eigenvalue weighted by atomic mass is 35.5. The second kappa shape index (κ2) is 12.2. The van der Waals surface area contributed by atoms with Gasteiger partial charge in [0.1, 0.15) is 11.5 Å². The number of anilines is 1. The number of hydrogen-bond acceptors (Lipinski definition) is 8. The molecule has 1 aromatic heterocycles. The Morgan fingerprint density at radius 1 is 1.05 bits per heavy atom. The predicted octanol–water partition coefficient (Wildman–Crippen LogP) is 7.21. The summed E-state index contributed by atoms with van der Waals surface area (Å²) in [6, 6.07) is 21.0. The molecule has 1 atom stereocenters. The Bertz CT molecular complexity index is 1570. The Balaban J connectivity index is 1.53. The molecular formula is C30H26ClN3O4S2. The first-order chi connectivity index (χ1) is 19.4. The van der Waals surface area contributed by atoms with Gasteiger partial charge in [0.25, 0.3) is 5.78 Å². The fourth-order valence-electron chi connectivity index (χ4n) is 4.29. The number of aliphatic hydroxyl groups excluding tert-OH is 1. The molecule has 1 saturated heterocycles. The van der Waals surface area contributed by atoms with E-state index in [0.29, 0.717) is 38.6 Å². The third kappa shape index (κ3) is 5.77. The van der Waals surface area contributed by atoms with Crippen LogP contribution in [0.3, 0.4) is 0 Å². The number of aromatic nitrogens is 2. The van der Waals surface area contributed by atoms with Gasteiger partial charge < -0.3 is 9.84 Å². The quantitative estimate of drug-likeness (QED) is 0.0723. The van der Waals surface area contributed by atoms with Crippen LogP contribution in [0.1, 0.15) is 41.6 Å². The smallest absolute Gasteiger partial charge is 0.301 e. The van der Waals surface area contributed by atoms with Crippen molar-refractivity contribution in [3.63, 3.8) is 0 Å². The van der Waals surface area contributed by atoms with E-state index in [-0.39, 0.29) is 16.5 Å². The second-order valence-corrected chi connectivity index (χ2v) is 11.8. The largest absolute Gasteiger partial charge is 0.507 e. The molecule has 5 rings (SSSR count). The van der Waals surface area contributed by atoms with E-state index in [9.17, 15) is 14.7 Å². The summed E-state index contributed by atoms with van der Waals surface area (Å²) in [5, 5.41) is 20.8. The Hall–Kier alpha value is -3.66. The first-order valence-corrected chi connectivity index (χ1v) is 14.9. The topological polar surface area (TPSA) is 92.6 Å². The molecular weight excluding hydrogens is 566 g/mol. The van der Waals surface area contributed by atoms with Gasteiger partial charge in [-0.25, -0.2) is 0 Å². The maximum atomic E-state index is 13.5. The lowest BCUT2D eigenvalue weighted by molar-refractivity contribution is -0.132. The number of carbonyl (C=O) groups is 2. The first-order valence-electron chi connectivity index (χ1n) is 12.7. The number of benzene rings is 3. The molecule has 4 aromatic rings. The molecule has 204 valence electrons. The van der Waals surface area contributed by atoms with Crippen LogP contribution in [0.15, 0.2) is 82.7 Å². The maximum Gasteiger partial charge on any atom is 0.301 e. The third-order valence-corrected chi connectivity index (χ3v) is 8.82. The van der Waals surface area contributed by atoms with Crippen LogP contribution < -0.4 is 9.64 Å². The number of hydrogen-bond donors (Lipinski definition) is 1. The lowest BCUT2D eigenvalue weighted by Crippen LogP contribution is -2.29. The number of Topliss-reactive ketones (excluding diaryl/α,β-unsaturated/α-hetero) is 1. The molecule has 1 unspecified atom stereocenters. The summed E-state index contributed by atoms with van der Waals surface area (Å²) in [5.74, 6) is -0.549. The van der Waals surface area contributed by atoms with Gasteiger partial charge in [0.05, 0.1) is 18.2 Å². The highest BCUT2D eigenvalue weighted by Gasteiger charge is 2.48. The zero-order valence-corrected chi connectivity index (χ0v) is 24.2. The van der Waals surface area contributed by atoms with Gasteiger partial charge in [-0.1, -0.05) is 102 Å². The van der Waals surface area contributed by atoms with E-state index in [1.807, 2.05) is 50.2 Å². The summed E-state index contributed by atoms with van der Waals surface area (Å²) < 4.78 is 6.34. The monoisotopic (exact) mass is 591 g/mol. The van der Waals surface area contributed by atoms with E-state index in [0.717, 1.165) is 17.5 Å². The fourth-order valence-corrected chi connectivity index (χ4v) is 6.44. The maximum absolute atomic E-state index is 13.5. The minimum atomic E-state index is -0.893. The van der Waals surface area contributed by atoms with Gasteiger partial charge in [-0.3, -0.25) is 14.5 Å². The van der Waals surface area contributed by atoms with Gasteiger partial charge in [-0.05, 0) is 42.7 Å². The summed E-state index contributed by atoms with van der Waals surface area (Å²) in [6.45, 7) is 4.53. The van der Waals surface area contributed by atoms with Crippen LogP contribution in [-0.2, 0) is 15.3 Å². The number of aliphatic hydroxyl groups is 1. The van der Waals surface area contributed by atoms with Crippen molar-refractivity contribution in [2.24, 2.45) is 0 Å². The van der Waals surface area contributed by atoms with Crippen molar-refractivity contribution in [2.45, 2.75) is 36.4 Å². The number of nitrogens with zero attached hydrogens (tertiary/aromatic N) is 3. The van der Waals surface area contributed by atoms with E-state index in [2.05, 4.69) is 10.2 Å². The number of ketones is 1. The van der Waals surface area contributed by atoms with Crippen molar-refractivity contribution < 1.29 is 19.4 Å². The van der Waals surface area contributed by atoms with Gasteiger partial charge in [0.2, 0.25) is 5.13 Å². The van der Waals surface area contributed by atoms with Crippen LogP contribution in [0.25, 0.3) is 5.76 Å². The molecule has 1 fully saturated rings. The Kier molecular flexibility index (Phi) is 8.54. The van der Waals surface area contributed by atoms with Crippen LogP contribution >= 0.6 is 34.7 Å². The number of aryl methyl sites for hydroxylation is 1. The summed E-state index contributed by atoms with van der Waals surface area (Å²) in [6.07, 6.45) is 0.867. The Morgan fingerprint density at radius 2 is 1.77 bits per heavy atom. The van der Waals surface area contributed by atoms with Gasteiger partial charge >= 0.3 is 5.91 Å². The van der Waals surface area contributed by atoms with Crippen LogP contribution in [0.2, 0.25) is 5.02 Å². The van der Waals surface area contributed by atoms with Gasteiger partial charge in [-0.2, -0.15) is 0 Å². The number of carbonyl (C=O) groups excluding carboxylic acids is 2. The second-order valence-electron chi connectivity index (χ2n) is 9.18.